The fraction of sp³-hybridized carbons (Fsp3) is 0. The van der Waals surface area contributed by atoms with Gasteiger partial charge in [0.25, 0.3) is 0 Å². The molecule has 1 nitrogen and oxygen atoms in total. The first-order chi connectivity index (χ1) is 35.9. The third kappa shape index (κ3) is 4.74. The molecule has 2 aromatic heterocycles. The first-order valence-corrected chi connectivity index (χ1v) is 15.9. The average molecular weight is 688 g/mol. The largest absolute Gasteiger partial charge is 0.309 e. The summed E-state index contributed by atoms with van der Waals surface area (Å²) in [4.78, 5) is 0.659. The van der Waals surface area contributed by atoms with E-state index in [9.17, 15) is 13.7 Å². The summed E-state index contributed by atoms with van der Waals surface area (Å²) in [6.45, 7) is 0. The predicted molar refractivity (Wildman–Crippen MR) is 215 cm³/mol. The topological polar surface area (TPSA) is 3.24 Å². The summed E-state index contributed by atoms with van der Waals surface area (Å²) < 4.78 is 251. The zero-order valence-electron chi connectivity index (χ0n) is 52.3. The van der Waals surface area contributed by atoms with Crippen LogP contribution in [0, 0.1) is 0 Å². The van der Waals surface area contributed by atoms with Crippen LogP contribution in [0.1, 0.15) is 38.4 Å². The van der Waals surface area contributed by atoms with Gasteiger partial charge in [-0.1, -0.05) is 121 Å². The van der Waals surface area contributed by atoms with E-state index in [4.69, 9.17) is 24.7 Å². The second kappa shape index (κ2) is 11.5. The molecule has 3 heteroatoms. The molecule has 0 saturated heterocycles. The Morgan fingerprint density at radius 1 is 0.408 bits per heavy atom. The van der Waals surface area contributed by atoms with E-state index in [-0.39, 0.29) is 45.7 Å². The van der Waals surface area contributed by atoms with Crippen LogP contribution in [0.4, 0.5) is 17.1 Å². The molecule has 0 saturated carbocycles. The molecule has 230 valence electrons. The second-order valence-corrected chi connectivity index (χ2v) is 12.4. The van der Waals surface area contributed by atoms with Crippen LogP contribution in [0.3, 0.4) is 0 Å². The zero-order chi connectivity index (χ0) is 56.7. The molecule has 10 rings (SSSR count). The number of hydrogen-bond donors (Lipinski definition) is 0. The van der Waals surface area contributed by atoms with E-state index in [1.807, 2.05) is 0 Å². The number of rotatable bonds is 5. The van der Waals surface area contributed by atoms with Gasteiger partial charge in [-0.3, -0.25) is 0 Å². The molecule has 0 bridgehead atoms. The lowest BCUT2D eigenvalue weighted by atomic mass is 9.93. The minimum absolute atomic E-state index is 0.142. The Morgan fingerprint density at radius 3 is 1.92 bits per heavy atom. The van der Waals surface area contributed by atoms with Crippen LogP contribution in [0.15, 0.2) is 175 Å². The van der Waals surface area contributed by atoms with Crippen molar-refractivity contribution in [2.24, 2.45) is 0 Å². The van der Waals surface area contributed by atoms with Gasteiger partial charge in [0.15, 0.2) is 0 Å². The monoisotopic (exact) mass is 687 g/mol. The molecule has 0 aliphatic heterocycles. The zero-order valence-corrected chi connectivity index (χ0v) is 26.0. The van der Waals surface area contributed by atoms with Crippen molar-refractivity contribution in [3.05, 3.63) is 175 Å². The molecule has 0 aliphatic rings. The SMILES string of the molecule is [2H]c1cc2c(-c3c([2H])c([2H])c([2H])c([2H])c3[2H])c([2H])c(-c3c([2H])c([2H])c(N(c4c([2H])c([2H])c5c(sc6c([2H])c([2H])c([2H])c([2H])c65)c4[2H])c4c([2H])c([2H])c([2H])c5c4sc4c([2H])c([2H])c([2H])c([2H])c45)c([2H])c3[2H])c([2H])c2c([2H])c1[2H]. The van der Waals surface area contributed by atoms with Gasteiger partial charge in [-0.15, -0.1) is 22.7 Å². The highest BCUT2D eigenvalue weighted by Crippen LogP contribution is 2.46. The molecule has 49 heavy (non-hydrogen) atoms. The molecular formula is C46H29NS2. The van der Waals surface area contributed by atoms with E-state index in [1.54, 1.807) is 0 Å². The highest BCUT2D eigenvalue weighted by molar-refractivity contribution is 7.26. The Hall–Kier alpha value is -5.74. The number of fused-ring (bicyclic) bond motifs is 7. The van der Waals surface area contributed by atoms with Crippen LogP contribution in [-0.4, -0.2) is 0 Å². The number of nitrogens with zero attached hydrogens (tertiary/aromatic N) is 1. The molecule has 0 N–H and O–H groups in total. The number of thiophene rings is 2. The number of benzene rings is 8. The summed E-state index contributed by atoms with van der Waals surface area (Å²) in [5.41, 5.74) is -5.46. The van der Waals surface area contributed by atoms with Crippen molar-refractivity contribution in [2.45, 2.75) is 0 Å². The molecule has 0 unspecified atom stereocenters. The first kappa shape index (κ1) is 12.0. The Morgan fingerprint density at radius 2 is 1.08 bits per heavy atom. The van der Waals surface area contributed by atoms with Gasteiger partial charge in [-0.05, 0) is 87.4 Å². The lowest BCUT2D eigenvalue weighted by Crippen LogP contribution is -2.10. The van der Waals surface area contributed by atoms with Gasteiger partial charge >= 0.3 is 0 Å². The normalized spacial score (nSPS) is 19.7. The molecule has 0 radical (unpaired) electrons. The fourth-order valence-electron chi connectivity index (χ4n) is 5.44. The average Bonchev–Trinajstić information content (AvgIpc) is 4.01. The first-order valence-electron chi connectivity index (χ1n) is 28.3. The van der Waals surface area contributed by atoms with Crippen LogP contribution in [0.25, 0.3) is 73.4 Å². The minimum atomic E-state index is -1.15. The summed E-state index contributed by atoms with van der Waals surface area (Å²) >= 11 is 1.16. The summed E-state index contributed by atoms with van der Waals surface area (Å²) in [7, 11) is 0. The van der Waals surface area contributed by atoms with Crippen molar-refractivity contribution in [3.8, 4) is 22.3 Å². The van der Waals surface area contributed by atoms with Crippen LogP contribution in [0.5, 0.6) is 0 Å². The summed E-state index contributed by atoms with van der Waals surface area (Å²) in [5, 5.41) is -2.14. The Labute approximate surface area is 331 Å². The molecule has 2 heterocycles. The highest BCUT2D eigenvalue weighted by Gasteiger charge is 2.19. The van der Waals surface area contributed by atoms with Crippen molar-refractivity contribution in [2.75, 3.05) is 4.90 Å². The molecule has 10 aromatic rings. The van der Waals surface area contributed by atoms with Crippen molar-refractivity contribution >= 4 is 90.9 Å². The molecular weight excluding hydrogens is 631 g/mol. The minimum Gasteiger partial charge on any atom is -0.309 e. The lowest BCUT2D eigenvalue weighted by molar-refractivity contribution is 1.31. The van der Waals surface area contributed by atoms with E-state index >= 15 is 0 Å². The van der Waals surface area contributed by atoms with Gasteiger partial charge < -0.3 is 4.90 Å². The molecule has 0 spiro atoms. The third-order valence-corrected chi connectivity index (χ3v) is 9.72. The van der Waals surface area contributed by atoms with Gasteiger partial charge in [-0.2, -0.15) is 0 Å². The predicted octanol–water partition coefficient (Wildman–Crippen LogP) is 14.4. The molecule has 8 aromatic carbocycles. The fourth-order valence-corrected chi connectivity index (χ4v) is 7.46. The summed E-state index contributed by atoms with van der Waals surface area (Å²) in [6.07, 6.45) is 0. The maximum Gasteiger partial charge on any atom is 0.0660 e. The maximum atomic E-state index is 9.80. The van der Waals surface area contributed by atoms with Crippen molar-refractivity contribution in [3.63, 3.8) is 0 Å². The van der Waals surface area contributed by atoms with E-state index < -0.39 is 214 Å². The summed E-state index contributed by atoms with van der Waals surface area (Å²) in [5.74, 6) is 0. The van der Waals surface area contributed by atoms with E-state index in [2.05, 4.69) is 0 Å². The van der Waals surface area contributed by atoms with Crippen LogP contribution in [-0.2, 0) is 0 Å². The van der Waals surface area contributed by atoms with Gasteiger partial charge in [0, 0.05) is 47.0 Å². The van der Waals surface area contributed by atoms with Crippen LogP contribution in [0.2, 0.25) is 0 Å². The Balaban J connectivity index is 1.41. The van der Waals surface area contributed by atoms with Gasteiger partial charge in [0.05, 0.1) is 48.8 Å². The van der Waals surface area contributed by atoms with Gasteiger partial charge in [0.2, 0.25) is 0 Å². The van der Waals surface area contributed by atoms with E-state index in [1.165, 1.54) is 0 Å². The third-order valence-electron chi connectivity index (χ3n) is 7.59. The van der Waals surface area contributed by atoms with Crippen molar-refractivity contribution < 1.29 is 38.4 Å². The Kier molecular flexibility index (Phi) is 2.80. The smallest absolute Gasteiger partial charge is 0.0660 e. The van der Waals surface area contributed by atoms with E-state index in [0.29, 0.717) is 27.6 Å². The molecule has 0 fully saturated rings. The molecule has 0 atom stereocenters. The van der Waals surface area contributed by atoms with E-state index in [0.717, 1.165) is 6.07 Å². The van der Waals surface area contributed by atoms with Crippen molar-refractivity contribution in [1.82, 2.24) is 0 Å². The number of hydrogen-bond acceptors (Lipinski definition) is 3. The maximum absolute atomic E-state index is 9.80. The van der Waals surface area contributed by atoms with Crippen molar-refractivity contribution in [1.29, 1.82) is 0 Å². The Bertz CT molecular complexity index is 4390. The van der Waals surface area contributed by atoms with Crippen LogP contribution >= 0.6 is 22.7 Å². The van der Waals surface area contributed by atoms with Gasteiger partial charge in [0.1, 0.15) is 0 Å². The molecule has 0 amide bonds. The number of anilines is 3. The highest BCUT2D eigenvalue weighted by atomic mass is 32.1. The van der Waals surface area contributed by atoms with Crippen LogP contribution < -0.4 is 4.90 Å². The van der Waals surface area contributed by atoms with Gasteiger partial charge in [-0.25, -0.2) is 0 Å². The lowest BCUT2D eigenvalue weighted by Gasteiger charge is -2.26. The summed E-state index contributed by atoms with van der Waals surface area (Å²) in [6, 6.07) is -22.5. The quantitative estimate of drug-likeness (QED) is 0.174. The standard InChI is InChI=1S/C46H29NS2/c1-2-11-31(12-3-1)41-28-33(27-32-13-4-5-14-36(32)41)30-21-23-34(24-22-30)47(35-25-26-39-37-15-6-8-19-43(37)48-45(39)29-35)42-18-10-17-40-38-16-7-9-20-44(38)49-46(40)42/h1-29H/i1D,2D,3D,4D,5D,6D,7D,8D,9D,10D,11D,12D,13D,15D,16D,17D,18D,19D,20D,21D,22D,23D,24D,25D,26D,27D,28D,29D. The molecule has 0 aliphatic carbocycles. The second-order valence-electron chi connectivity index (χ2n) is 10.4.